The molecule has 3 N–H and O–H groups in total. The third kappa shape index (κ3) is 2.85. The lowest BCUT2D eigenvalue weighted by Crippen LogP contribution is -2.05. The van der Waals surface area contributed by atoms with Gasteiger partial charge in [0, 0.05) is 18.0 Å². The molecule has 0 atom stereocenters. The molecule has 0 unspecified atom stereocenters. The van der Waals surface area contributed by atoms with E-state index in [1.165, 1.54) is 18.4 Å². The minimum Gasteiger partial charge on any atom is -0.397 e. The molecule has 1 aromatic rings. The van der Waals surface area contributed by atoms with Crippen LogP contribution in [0.5, 0.6) is 0 Å². The maximum Gasteiger partial charge on any atom is 0.178 e. The van der Waals surface area contributed by atoms with Crippen molar-refractivity contribution in [3.63, 3.8) is 0 Å². The van der Waals surface area contributed by atoms with Crippen molar-refractivity contribution in [3.05, 3.63) is 10.4 Å². The number of ketones is 1. The van der Waals surface area contributed by atoms with Gasteiger partial charge in [0.15, 0.2) is 5.78 Å². The highest BCUT2D eigenvalue weighted by Gasteiger charge is 2.37. The van der Waals surface area contributed by atoms with Gasteiger partial charge in [0.25, 0.3) is 0 Å². The number of thiophene rings is 1. The lowest BCUT2D eigenvalue weighted by atomic mass is 10.1. The predicted octanol–water partition coefficient (Wildman–Crippen LogP) is 4.26. The molecule has 0 aliphatic heterocycles. The molecule has 3 nitrogen and oxygen atoms in total. The molecule has 110 valence electrons. The van der Waals surface area contributed by atoms with Crippen molar-refractivity contribution in [1.82, 2.24) is 0 Å². The van der Waals surface area contributed by atoms with E-state index in [0.717, 1.165) is 41.4 Å². The van der Waals surface area contributed by atoms with Gasteiger partial charge >= 0.3 is 0 Å². The number of hydrogen-bond acceptors (Lipinski definition) is 4. The number of rotatable bonds is 7. The molecule has 2 fully saturated rings. The number of nitrogens with one attached hydrogen (secondary N) is 1. The van der Waals surface area contributed by atoms with Crippen LogP contribution in [0.4, 0.5) is 10.7 Å². The quantitative estimate of drug-likeness (QED) is 0.738. The smallest absolute Gasteiger partial charge is 0.178 e. The average Bonchev–Trinajstić information content (AvgIpc) is 3.26. The summed E-state index contributed by atoms with van der Waals surface area (Å²) in [6.07, 6.45) is 5.68. The van der Waals surface area contributed by atoms with E-state index in [4.69, 9.17) is 5.73 Å². The first kappa shape index (κ1) is 13.9. The summed E-state index contributed by atoms with van der Waals surface area (Å²) >= 11 is 1.60. The van der Waals surface area contributed by atoms with Crippen molar-refractivity contribution in [1.29, 1.82) is 0 Å². The Labute approximate surface area is 124 Å². The number of anilines is 2. The van der Waals surface area contributed by atoms with Crippen LogP contribution in [0, 0.1) is 11.8 Å². The van der Waals surface area contributed by atoms with Gasteiger partial charge in [0.2, 0.25) is 0 Å². The van der Waals surface area contributed by atoms with Gasteiger partial charge in [0.05, 0.1) is 15.6 Å². The lowest BCUT2D eigenvalue weighted by molar-refractivity contribution is 0.0972. The van der Waals surface area contributed by atoms with Gasteiger partial charge in [0.1, 0.15) is 0 Å². The Bertz CT molecular complexity index is 513. The van der Waals surface area contributed by atoms with Crippen LogP contribution < -0.4 is 11.1 Å². The molecule has 3 rings (SSSR count). The van der Waals surface area contributed by atoms with Crippen molar-refractivity contribution in [2.45, 2.75) is 51.9 Å². The molecule has 1 aromatic heterocycles. The second-order valence-corrected chi connectivity index (χ2v) is 7.63. The minimum absolute atomic E-state index is 0.256. The summed E-state index contributed by atoms with van der Waals surface area (Å²) in [5.74, 6) is 1.82. The predicted molar refractivity (Wildman–Crippen MR) is 85.7 cm³/mol. The number of carbonyl (C=O) groups excluding carboxylic acids is 1. The van der Waals surface area contributed by atoms with Gasteiger partial charge in [-0.05, 0) is 43.9 Å². The number of nitrogens with two attached hydrogens (primary N) is 1. The summed E-state index contributed by atoms with van der Waals surface area (Å²) in [6.45, 7) is 5.43. The van der Waals surface area contributed by atoms with Gasteiger partial charge < -0.3 is 11.1 Å². The fourth-order valence-corrected chi connectivity index (χ4v) is 3.81. The van der Waals surface area contributed by atoms with E-state index in [1.807, 2.05) is 0 Å². The monoisotopic (exact) mass is 292 g/mol. The average molecular weight is 292 g/mol. The first-order valence-electron chi connectivity index (χ1n) is 7.78. The Kier molecular flexibility index (Phi) is 3.76. The van der Waals surface area contributed by atoms with E-state index in [2.05, 4.69) is 19.2 Å². The van der Waals surface area contributed by atoms with E-state index < -0.39 is 0 Å². The van der Waals surface area contributed by atoms with Crippen LogP contribution in [0.2, 0.25) is 0 Å². The zero-order valence-corrected chi connectivity index (χ0v) is 13.2. The molecule has 0 spiro atoms. The Balaban J connectivity index is 1.80. The highest BCUT2D eigenvalue weighted by molar-refractivity contribution is 7.18. The molecule has 2 saturated carbocycles. The van der Waals surface area contributed by atoms with Gasteiger partial charge in [-0.25, -0.2) is 0 Å². The summed E-state index contributed by atoms with van der Waals surface area (Å²) in [7, 11) is 0. The lowest BCUT2D eigenvalue weighted by Gasteiger charge is -2.08. The van der Waals surface area contributed by atoms with Crippen molar-refractivity contribution in [3.8, 4) is 0 Å². The summed E-state index contributed by atoms with van der Waals surface area (Å²) in [5.41, 5.74) is 8.31. The summed E-state index contributed by atoms with van der Waals surface area (Å²) in [6, 6.07) is 0. The third-order valence-electron chi connectivity index (χ3n) is 4.15. The van der Waals surface area contributed by atoms with Gasteiger partial charge in [-0.15, -0.1) is 11.3 Å². The summed E-state index contributed by atoms with van der Waals surface area (Å²) in [5, 5.41) is 4.69. The molecule has 20 heavy (non-hydrogen) atoms. The molecular weight excluding hydrogens is 268 g/mol. The molecule has 1 heterocycles. The molecule has 0 saturated heterocycles. The van der Waals surface area contributed by atoms with Gasteiger partial charge in [-0.2, -0.15) is 0 Å². The SMILES string of the molecule is CC(C)CCNc1sc(C(=O)C2CC2)c(N)c1C1CC1. The topological polar surface area (TPSA) is 55.1 Å². The normalized spacial score (nSPS) is 18.6. The van der Waals surface area contributed by atoms with Crippen LogP contribution in [0.15, 0.2) is 0 Å². The van der Waals surface area contributed by atoms with Crippen LogP contribution in [0.3, 0.4) is 0 Å². The molecule has 0 bridgehead atoms. The molecule has 2 aliphatic rings. The molecular formula is C16H24N2OS. The van der Waals surface area contributed by atoms with Crippen LogP contribution in [0.1, 0.15) is 67.1 Å². The highest BCUT2D eigenvalue weighted by Crippen LogP contribution is 2.52. The maximum absolute atomic E-state index is 12.3. The second-order valence-electron chi connectivity index (χ2n) is 6.61. The minimum atomic E-state index is 0.256. The first-order valence-corrected chi connectivity index (χ1v) is 8.59. The van der Waals surface area contributed by atoms with Crippen LogP contribution in [0.25, 0.3) is 0 Å². The molecule has 0 aromatic carbocycles. The van der Waals surface area contributed by atoms with E-state index in [0.29, 0.717) is 11.8 Å². The van der Waals surface area contributed by atoms with E-state index in [1.54, 1.807) is 11.3 Å². The highest BCUT2D eigenvalue weighted by atomic mass is 32.1. The van der Waals surface area contributed by atoms with E-state index in [-0.39, 0.29) is 11.7 Å². The Morgan fingerprint density at radius 2 is 2.05 bits per heavy atom. The van der Waals surface area contributed by atoms with Crippen molar-refractivity contribution >= 4 is 27.8 Å². The zero-order valence-electron chi connectivity index (χ0n) is 12.4. The fourth-order valence-electron chi connectivity index (χ4n) is 2.55. The number of carbonyl (C=O) groups is 1. The third-order valence-corrected chi connectivity index (χ3v) is 5.34. The van der Waals surface area contributed by atoms with E-state index in [9.17, 15) is 4.79 Å². The van der Waals surface area contributed by atoms with Crippen LogP contribution in [-0.2, 0) is 0 Å². The Hall–Kier alpha value is -1.03. The molecule has 4 heteroatoms. The largest absolute Gasteiger partial charge is 0.397 e. The standard InChI is InChI=1S/C16H24N2OS/c1-9(2)7-8-18-16-12(10-3-4-10)13(17)15(20-16)14(19)11-5-6-11/h9-11,18H,3-8,17H2,1-2H3. The molecule has 2 aliphatic carbocycles. The molecule has 0 amide bonds. The number of hydrogen-bond donors (Lipinski definition) is 2. The van der Waals surface area contributed by atoms with Gasteiger partial charge in [-0.3, -0.25) is 4.79 Å². The van der Waals surface area contributed by atoms with Crippen molar-refractivity contribution in [2.75, 3.05) is 17.6 Å². The number of nitrogen functional groups attached to an aromatic ring is 1. The van der Waals surface area contributed by atoms with Crippen LogP contribution >= 0.6 is 11.3 Å². The summed E-state index contributed by atoms with van der Waals surface area (Å²) < 4.78 is 0. The van der Waals surface area contributed by atoms with Gasteiger partial charge in [-0.1, -0.05) is 13.8 Å². The Morgan fingerprint density at radius 1 is 1.35 bits per heavy atom. The van der Waals surface area contributed by atoms with E-state index >= 15 is 0 Å². The van der Waals surface area contributed by atoms with Crippen LogP contribution in [-0.4, -0.2) is 12.3 Å². The second kappa shape index (κ2) is 5.40. The number of Topliss-reactive ketones (excluding diaryl/α,β-unsaturated/α-hetero) is 1. The summed E-state index contributed by atoms with van der Waals surface area (Å²) in [4.78, 5) is 13.1. The maximum atomic E-state index is 12.3. The molecule has 0 radical (unpaired) electrons. The zero-order chi connectivity index (χ0) is 14.3. The van der Waals surface area contributed by atoms with Crippen molar-refractivity contribution < 1.29 is 4.79 Å². The fraction of sp³-hybridized carbons (Fsp3) is 0.688. The van der Waals surface area contributed by atoms with Crippen molar-refractivity contribution in [2.24, 2.45) is 11.8 Å². The first-order chi connectivity index (χ1) is 9.58. The Morgan fingerprint density at radius 3 is 2.60 bits per heavy atom.